The van der Waals surface area contributed by atoms with Crippen LogP contribution in [0.1, 0.15) is 13.8 Å². The highest BCUT2D eigenvalue weighted by molar-refractivity contribution is 9.10. The zero-order valence-corrected chi connectivity index (χ0v) is 17.0. The molecule has 0 fully saturated rings. The fourth-order valence-electron chi connectivity index (χ4n) is 2.20. The first-order valence-corrected chi connectivity index (χ1v) is 9.29. The second kappa shape index (κ2) is 9.01. The normalized spacial score (nSPS) is 11.5. The van der Waals surface area contributed by atoms with Gasteiger partial charge in [0.25, 0.3) is 0 Å². The number of anilines is 2. The SMILES string of the molecule is CCOC(=O)C(C)N(C(=O)Nc1ccc(Br)cc1)c1ccc(Br)cc1. The van der Waals surface area contributed by atoms with Crippen LogP contribution < -0.4 is 10.2 Å². The summed E-state index contributed by atoms with van der Waals surface area (Å²) in [6, 6.07) is 13.2. The highest BCUT2D eigenvalue weighted by atomic mass is 79.9. The number of hydrogen-bond acceptors (Lipinski definition) is 3. The maximum absolute atomic E-state index is 12.8. The lowest BCUT2D eigenvalue weighted by atomic mass is 10.2. The zero-order chi connectivity index (χ0) is 18.4. The van der Waals surface area contributed by atoms with Gasteiger partial charge in [-0.25, -0.2) is 9.59 Å². The molecule has 5 nitrogen and oxygen atoms in total. The Labute approximate surface area is 163 Å². The minimum absolute atomic E-state index is 0.256. The molecule has 0 heterocycles. The van der Waals surface area contributed by atoms with Crippen molar-refractivity contribution in [1.29, 1.82) is 0 Å². The average molecular weight is 470 g/mol. The molecule has 0 saturated carbocycles. The minimum Gasteiger partial charge on any atom is -0.464 e. The third-order valence-corrected chi connectivity index (χ3v) is 4.49. The summed E-state index contributed by atoms with van der Waals surface area (Å²) < 4.78 is 6.86. The minimum atomic E-state index is -0.767. The number of amides is 2. The number of carbonyl (C=O) groups is 2. The lowest BCUT2D eigenvalue weighted by molar-refractivity contribution is -0.144. The van der Waals surface area contributed by atoms with Gasteiger partial charge in [0.15, 0.2) is 0 Å². The molecule has 2 rings (SSSR count). The van der Waals surface area contributed by atoms with Crippen molar-refractivity contribution >= 4 is 55.2 Å². The second-order valence-electron chi connectivity index (χ2n) is 5.21. The summed E-state index contributed by atoms with van der Waals surface area (Å²) in [5.74, 6) is -0.462. The van der Waals surface area contributed by atoms with E-state index >= 15 is 0 Å². The molecule has 2 aromatic carbocycles. The molecule has 0 saturated heterocycles. The van der Waals surface area contributed by atoms with E-state index < -0.39 is 18.0 Å². The molecule has 1 N–H and O–H groups in total. The van der Waals surface area contributed by atoms with Gasteiger partial charge in [-0.2, -0.15) is 0 Å². The van der Waals surface area contributed by atoms with Crippen molar-refractivity contribution in [3.8, 4) is 0 Å². The second-order valence-corrected chi connectivity index (χ2v) is 7.04. The standard InChI is InChI=1S/C18H18Br2N2O3/c1-3-25-17(23)12(2)22(16-10-6-14(20)7-11-16)18(24)21-15-8-4-13(19)5-9-15/h4-12H,3H2,1-2H3,(H,21,24). The van der Waals surface area contributed by atoms with Crippen LogP contribution >= 0.6 is 31.9 Å². The number of nitrogens with one attached hydrogen (secondary N) is 1. The number of esters is 1. The molecular weight excluding hydrogens is 452 g/mol. The van der Waals surface area contributed by atoms with Crippen LogP contribution in [0, 0.1) is 0 Å². The number of carbonyl (C=O) groups excluding carboxylic acids is 2. The monoisotopic (exact) mass is 468 g/mol. The first kappa shape index (κ1) is 19.5. The van der Waals surface area contributed by atoms with Gasteiger partial charge >= 0.3 is 12.0 Å². The molecule has 0 bridgehead atoms. The van der Waals surface area contributed by atoms with Crippen LogP contribution in [0.2, 0.25) is 0 Å². The molecule has 0 aliphatic heterocycles. The summed E-state index contributed by atoms with van der Waals surface area (Å²) in [7, 11) is 0. The Balaban J connectivity index is 2.29. The van der Waals surface area contributed by atoms with E-state index in [0.717, 1.165) is 8.95 Å². The first-order chi connectivity index (χ1) is 11.9. The molecule has 2 amide bonds. The summed E-state index contributed by atoms with van der Waals surface area (Å²) >= 11 is 6.72. The summed E-state index contributed by atoms with van der Waals surface area (Å²) in [4.78, 5) is 26.4. The van der Waals surface area contributed by atoms with Crippen molar-refractivity contribution < 1.29 is 14.3 Å². The number of urea groups is 1. The molecule has 0 aromatic heterocycles. The van der Waals surface area contributed by atoms with Gasteiger partial charge in [0.05, 0.1) is 6.61 Å². The fourth-order valence-corrected chi connectivity index (χ4v) is 2.73. The van der Waals surface area contributed by atoms with Crippen LogP contribution in [-0.2, 0) is 9.53 Å². The van der Waals surface area contributed by atoms with Crippen molar-refractivity contribution in [1.82, 2.24) is 0 Å². The van der Waals surface area contributed by atoms with E-state index in [2.05, 4.69) is 37.2 Å². The van der Waals surface area contributed by atoms with Gasteiger partial charge in [-0.05, 0) is 62.4 Å². The van der Waals surface area contributed by atoms with Gasteiger partial charge in [-0.3, -0.25) is 4.90 Å². The number of rotatable bonds is 5. The smallest absolute Gasteiger partial charge is 0.329 e. The Bertz CT molecular complexity index is 733. The van der Waals surface area contributed by atoms with Gasteiger partial charge in [-0.1, -0.05) is 31.9 Å². The fraction of sp³-hybridized carbons (Fsp3) is 0.222. The maximum atomic E-state index is 12.8. The average Bonchev–Trinajstić information content (AvgIpc) is 2.59. The topological polar surface area (TPSA) is 58.6 Å². The molecule has 7 heteroatoms. The Hall–Kier alpha value is -1.86. The molecule has 0 aliphatic carbocycles. The van der Waals surface area contributed by atoms with Crippen LogP contribution in [0.15, 0.2) is 57.5 Å². The lowest BCUT2D eigenvalue weighted by Crippen LogP contribution is -2.46. The summed E-state index contributed by atoms with van der Waals surface area (Å²) in [6.07, 6.45) is 0. The molecule has 2 aromatic rings. The van der Waals surface area contributed by atoms with Crippen LogP contribution in [0.5, 0.6) is 0 Å². The summed E-state index contributed by atoms with van der Waals surface area (Å²) in [5.41, 5.74) is 1.23. The number of halogens is 2. The first-order valence-electron chi connectivity index (χ1n) is 7.70. The Morgan fingerprint density at radius 2 is 1.56 bits per heavy atom. The van der Waals surface area contributed by atoms with Crippen molar-refractivity contribution in [2.24, 2.45) is 0 Å². The quantitative estimate of drug-likeness (QED) is 0.612. The van der Waals surface area contributed by atoms with Crippen molar-refractivity contribution in [2.45, 2.75) is 19.9 Å². The number of hydrogen-bond donors (Lipinski definition) is 1. The molecule has 0 radical (unpaired) electrons. The van der Waals surface area contributed by atoms with E-state index in [1.807, 2.05) is 24.3 Å². The van der Waals surface area contributed by atoms with E-state index in [1.165, 1.54) is 4.90 Å². The van der Waals surface area contributed by atoms with E-state index in [1.54, 1.807) is 38.1 Å². The third-order valence-electron chi connectivity index (χ3n) is 3.43. The predicted molar refractivity (Wildman–Crippen MR) is 106 cm³/mol. The van der Waals surface area contributed by atoms with Crippen LogP contribution in [0.4, 0.5) is 16.2 Å². The maximum Gasteiger partial charge on any atom is 0.329 e. The predicted octanol–water partition coefficient (Wildman–Crippen LogP) is 5.20. The highest BCUT2D eigenvalue weighted by Crippen LogP contribution is 2.23. The van der Waals surface area contributed by atoms with Gasteiger partial charge in [0, 0.05) is 20.3 Å². The van der Waals surface area contributed by atoms with E-state index in [4.69, 9.17) is 4.74 Å². The zero-order valence-electron chi connectivity index (χ0n) is 13.8. The van der Waals surface area contributed by atoms with Gasteiger partial charge < -0.3 is 10.1 Å². The van der Waals surface area contributed by atoms with Crippen molar-refractivity contribution in [2.75, 3.05) is 16.8 Å². The van der Waals surface area contributed by atoms with Gasteiger partial charge in [0.1, 0.15) is 6.04 Å². The highest BCUT2D eigenvalue weighted by Gasteiger charge is 2.28. The van der Waals surface area contributed by atoms with E-state index in [-0.39, 0.29) is 6.61 Å². The Morgan fingerprint density at radius 3 is 2.08 bits per heavy atom. The number of benzene rings is 2. The molecule has 1 unspecified atom stereocenters. The largest absolute Gasteiger partial charge is 0.464 e. The lowest BCUT2D eigenvalue weighted by Gasteiger charge is -2.28. The van der Waals surface area contributed by atoms with E-state index in [9.17, 15) is 9.59 Å². The summed E-state index contributed by atoms with van der Waals surface area (Å²) in [6.45, 7) is 3.63. The molecule has 132 valence electrons. The van der Waals surface area contributed by atoms with Crippen molar-refractivity contribution in [3.63, 3.8) is 0 Å². The third kappa shape index (κ3) is 5.31. The molecule has 0 aliphatic rings. The molecule has 0 spiro atoms. The van der Waals surface area contributed by atoms with Gasteiger partial charge in [0.2, 0.25) is 0 Å². The Morgan fingerprint density at radius 1 is 1.04 bits per heavy atom. The number of nitrogens with zero attached hydrogens (tertiary/aromatic N) is 1. The molecule has 1 atom stereocenters. The van der Waals surface area contributed by atoms with Gasteiger partial charge in [-0.15, -0.1) is 0 Å². The van der Waals surface area contributed by atoms with Crippen LogP contribution in [0.25, 0.3) is 0 Å². The van der Waals surface area contributed by atoms with Crippen LogP contribution in [0.3, 0.4) is 0 Å². The van der Waals surface area contributed by atoms with Crippen molar-refractivity contribution in [3.05, 3.63) is 57.5 Å². The molecular formula is C18H18Br2N2O3. The van der Waals surface area contributed by atoms with E-state index in [0.29, 0.717) is 11.4 Å². The summed E-state index contributed by atoms with van der Waals surface area (Å²) in [5, 5.41) is 2.81. The molecule has 25 heavy (non-hydrogen) atoms. The number of ether oxygens (including phenoxy) is 1. The van der Waals surface area contributed by atoms with Crippen LogP contribution in [-0.4, -0.2) is 24.6 Å². The Kier molecular flexibility index (Phi) is 7.01.